The molecule has 9 heavy (non-hydrogen) atoms. The average Bonchev–Trinajstić information content (AvgIpc) is 2.34. The summed E-state index contributed by atoms with van der Waals surface area (Å²) in [5.74, 6) is 0.698. The van der Waals surface area contributed by atoms with E-state index >= 15 is 0 Å². The molecule has 0 aliphatic carbocycles. The summed E-state index contributed by atoms with van der Waals surface area (Å²) >= 11 is 0. The molecule has 3 heteroatoms. The van der Waals surface area contributed by atoms with Crippen molar-refractivity contribution < 1.29 is 9.52 Å². The van der Waals surface area contributed by atoms with E-state index < -0.39 is 0 Å². The van der Waals surface area contributed by atoms with Crippen molar-refractivity contribution in [3.63, 3.8) is 0 Å². The Labute approximate surface area is 53.3 Å². The molecule has 0 atom stereocenters. The summed E-state index contributed by atoms with van der Waals surface area (Å²) in [5.41, 5.74) is 0. The highest BCUT2D eigenvalue weighted by molar-refractivity contribution is 5.29. The van der Waals surface area contributed by atoms with Gasteiger partial charge in [-0.05, 0) is 6.07 Å². The van der Waals surface area contributed by atoms with Gasteiger partial charge in [-0.3, -0.25) is 0 Å². The van der Waals surface area contributed by atoms with Crippen LogP contribution in [-0.4, -0.2) is 18.3 Å². The van der Waals surface area contributed by atoms with E-state index in [2.05, 4.69) is 5.32 Å². The molecule has 1 heterocycles. The number of anilines is 1. The molecule has 0 bridgehead atoms. The quantitative estimate of drug-likeness (QED) is 0.627. The molecule has 0 spiro atoms. The molecular weight excluding hydrogens is 118 g/mol. The number of aliphatic hydroxyl groups excluding tert-OH is 1. The maximum absolute atomic E-state index is 8.36. The first-order valence-electron chi connectivity index (χ1n) is 2.81. The summed E-state index contributed by atoms with van der Waals surface area (Å²) in [7, 11) is 0. The third-order valence-corrected chi connectivity index (χ3v) is 0.932. The number of hydrogen-bond donors (Lipinski definition) is 2. The number of aliphatic hydroxyl groups is 1. The Hall–Kier alpha value is -0.960. The molecule has 0 aliphatic heterocycles. The largest absolute Gasteiger partial charge is 0.449 e. The van der Waals surface area contributed by atoms with Crippen molar-refractivity contribution in [3.05, 3.63) is 18.4 Å². The third-order valence-electron chi connectivity index (χ3n) is 0.932. The van der Waals surface area contributed by atoms with E-state index in [-0.39, 0.29) is 6.61 Å². The van der Waals surface area contributed by atoms with Crippen molar-refractivity contribution in [1.82, 2.24) is 0 Å². The van der Waals surface area contributed by atoms with Gasteiger partial charge in [0.05, 0.1) is 12.9 Å². The topological polar surface area (TPSA) is 45.4 Å². The molecule has 50 valence electrons. The minimum Gasteiger partial charge on any atom is -0.449 e. The van der Waals surface area contributed by atoms with Crippen molar-refractivity contribution in [2.75, 3.05) is 18.5 Å². The lowest BCUT2D eigenvalue weighted by Crippen LogP contribution is -2.03. The number of nitrogens with one attached hydrogen (secondary N) is 1. The normalized spacial score (nSPS) is 9.44. The Kier molecular flexibility index (Phi) is 2.15. The monoisotopic (exact) mass is 127 g/mol. The summed E-state index contributed by atoms with van der Waals surface area (Å²) in [6, 6.07) is 3.59. The fourth-order valence-corrected chi connectivity index (χ4v) is 0.558. The maximum atomic E-state index is 8.36. The van der Waals surface area contributed by atoms with Crippen LogP contribution in [0.15, 0.2) is 22.8 Å². The molecule has 0 saturated heterocycles. The Morgan fingerprint density at radius 2 is 2.56 bits per heavy atom. The van der Waals surface area contributed by atoms with Crippen LogP contribution in [0.3, 0.4) is 0 Å². The highest BCUT2D eigenvalue weighted by Crippen LogP contribution is 2.04. The number of rotatable bonds is 3. The van der Waals surface area contributed by atoms with Gasteiger partial charge in [-0.2, -0.15) is 0 Å². The van der Waals surface area contributed by atoms with E-state index in [1.165, 1.54) is 0 Å². The van der Waals surface area contributed by atoms with Crippen molar-refractivity contribution in [3.8, 4) is 0 Å². The van der Waals surface area contributed by atoms with E-state index in [0.29, 0.717) is 12.4 Å². The predicted molar refractivity (Wildman–Crippen MR) is 34.3 cm³/mol. The van der Waals surface area contributed by atoms with Crippen molar-refractivity contribution in [2.45, 2.75) is 0 Å². The molecule has 0 amide bonds. The summed E-state index contributed by atoms with van der Waals surface area (Å²) < 4.78 is 4.91. The van der Waals surface area contributed by atoms with Gasteiger partial charge in [0.25, 0.3) is 0 Å². The van der Waals surface area contributed by atoms with E-state index in [9.17, 15) is 0 Å². The van der Waals surface area contributed by atoms with Gasteiger partial charge in [-0.25, -0.2) is 0 Å². The fourth-order valence-electron chi connectivity index (χ4n) is 0.558. The van der Waals surface area contributed by atoms with E-state index in [1.807, 2.05) is 0 Å². The average molecular weight is 127 g/mol. The second-order valence-electron chi connectivity index (χ2n) is 1.63. The first kappa shape index (κ1) is 6.16. The Morgan fingerprint density at radius 3 is 3.11 bits per heavy atom. The first-order chi connectivity index (χ1) is 4.43. The van der Waals surface area contributed by atoms with Crippen LogP contribution < -0.4 is 5.32 Å². The van der Waals surface area contributed by atoms with Crippen LogP contribution in [0.25, 0.3) is 0 Å². The van der Waals surface area contributed by atoms with Gasteiger partial charge in [0, 0.05) is 12.6 Å². The summed E-state index contributed by atoms with van der Waals surface area (Å²) in [6.07, 6.45) is 1.58. The third kappa shape index (κ3) is 1.77. The Morgan fingerprint density at radius 1 is 1.67 bits per heavy atom. The second kappa shape index (κ2) is 3.14. The molecule has 0 fully saturated rings. The lowest BCUT2D eigenvalue weighted by atomic mass is 10.6. The number of furan rings is 1. The van der Waals surface area contributed by atoms with Crippen LogP contribution in [0.4, 0.5) is 5.88 Å². The second-order valence-corrected chi connectivity index (χ2v) is 1.63. The molecule has 1 aromatic rings. The van der Waals surface area contributed by atoms with Gasteiger partial charge < -0.3 is 14.8 Å². The summed E-state index contributed by atoms with van der Waals surface area (Å²) in [6.45, 7) is 0.661. The van der Waals surface area contributed by atoms with Gasteiger partial charge in [-0.1, -0.05) is 0 Å². The predicted octanol–water partition coefficient (Wildman–Crippen LogP) is 0.684. The standard InChI is InChI=1S/C6H9NO2/c8-4-3-7-6-2-1-5-9-6/h1-2,5,7-8H,3-4H2. The van der Waals surface area contributed by atoms with Crippen LogP contribution in [0.5, 0.6) is 0 Å². The first-order valence-corrected chi connectivity index (χ1v) is 2.81. The fraction of sp³-hybridized carbons (Fsp3) is 0.333. The lowest BCUT2D eigenvalue weighted by molar-refractivity contribution is 0.310. The summed E-state index contributed by atoms with van der Waals surface area (Å²) in [4.78, 5) is 0. The molecule has 0 radical (unpaired) electrons. The highest BCUT2D eigenvalue weighted by atomic mass is 16.3. The maximum Gasteiger partial charge on any atom is 0.192 e. The molecule has 0 unspecified atom stereocenters. The van der Waals surface area contributed by atoms with Crippen LogP contribution in [-0.2, 0) is 0 Å². The molecule has 1 rings (SSSR count). The zero-order valence-corrected chi connectivity index (χ0v) is 5.00. The van der Waals surface area contributed by atoms with Gasteiger partial charge in [-0.15, -0.1) is 0 Å². The van der Waals surface area contributed by atoms with Crippen molar-refractivity contribution in [2.24, 2.45) is 0 Å². The SMILES string of the molecule is OCCNc1ccco1. The lowest BCUT2D eigenvalue weighted by Gasteiger charge is -1.95. The van der Waals surface area contributed by atoms with Gasteiger partial charge >= 0.3 is 0 Å². The highest BCUT2D eigenvalue weighted by Gasteiger charge is 1.88. The van der Waals surface area contributed by atoms with Crippen LogP contribution in [0.1, 0.15) is 0 Å². The molecule has 0 saturated carbocycles. The van der Waals surface area contributed by atoms with E-state index in [0.717, 1.165) is 0 Å². The molecular formula is C6H9NO2. The molecule has 0 aliphatic rings. The molecule has 2 N–H and O–H groups in total. The zero-order chi connectivity index (χ0) is 6.53. The van der Waals surface area contributed by atoms with Gasteiger partial charge in [0.2, 0.25) is 0 Å². The smallest absolute Gasteiger partial charge is 0.192 e. The van der Waals surface area contributed by atoms with Crippen LogP contribution in [0.2, 0.25) is 0 Å². The molecule has 1 aromatic heterocycles. The Balaban J connectivity index is 2.30. The summed E-state index contributed by atoms with van der Waals surface area (Å²) in [5, 5.41) is 11.2. The molecule has 0 aromatic carbocycles. The van der Waals surface area contributed by atoms with E-state index in [1.54, 1.807) is 18.4 Å². The molecule has 3 nitrogen and oxygen atoms in total. The number of hydrogen-bond acceptors (Lipinski definition) is 3. The van der Waals surface area contributed by atoms with Crippen LogP contribution in [0, 0.1) is 0 Å². The van der Waals surface area contributed by atoms with Gasteiger partial charge in [0.15, 0.2) is 5.88 Å². The minimum atomic E-state index is 0.126. The minimum absolute atomic E-state index is 0.126. The van der Waals surface area contributed by atoms with Crippen LogP contribution >= 0.6 is 0 Å². The van der Waals surface area contributed by atoms with Gasteiger partial charge in [0.1, 0.15) is 0 Å². The Bertz CT molecular complexity index is 148. The zero-order valence-electron chi connectivity index (χ0n) is 5.00. The van der Waals surface area contributed by atoms with Crippen molar-refractivity contribution in [1.29, 1.82) is 0 Å². The van der Waals surface area contributed by atoms with E-state index in [4.69, 9.17) is 9.52 Å². The van der Waals surface area contributed by atoms with Crippen molar-refractivity contribution >= 4 is 5.88 Å².